The van der Waals surface area contributed by atoms with Gasteiger partial charge in [-0.15, -0.1) is 0 Å². The highest BCUT2D eigenvalue weighted by Crippen LogP contribution is 2.42. The number of carbonyl (C=O) groups excluding carboxylic acids is 1. The largest absolute Gasteiger partial charge is 0.322 e. The highest BCUT2D eigenvalue weighted by atomic mass is 35.5. The number of aromatic amines is 1. The van der Waals surface area contributed by atoms with Crippen LogP contribution in [-0.2, 0) is 6.42 Å². The first-order valence-corrected chi connectivity index (χ1v) is 10.1. The topological polar surface area (TPSA) is 78.1 Å². The number of nitrogens with one attached hydrogen (secondary N) is 2. The van der Waals surface area contributed by atoms with Crippen molar-refractivity contribution < 1.29 is 9.18 Å². The number of rotatable bonds is 2. The predicted molar refractivity (Wildman–Crippen MR) is 112 cm³/mol. The lowest BCUT2D eigenvalue weighted by Crippen LogP contribution is -2.45. The fourth-order valence-corrected chi connectivity index (χ4v) is 4.75. The second-order valence-electron chi connectivity index (χ2n) is 7.61. The zero-order chi connectivity index (χ0) is 20.8. The van der Waals surface area contributed by atoms with E-state index in [9.17, 15) is 14.0 Å². The molecule has 0 spiro atoms. The summed E-state index contributed by atoms with van der Waals surface area (Å²) in [6.07, 6.45) is 2.12. The molecule has 0 aliphatic carbocycles. The average molecular weight is 425 g/mol. The highest BCUT2D eigenvalue weighted by Gasteiger charge is 2.44. The van der Waals surface area contributed by atoms with E-state index in [0.717, 1.165) is 24.0 Å². The Morgan fingerprint density at radius 2 is 2.00 bits per heavy atom. The molecule has 6 nitrogen and oxygen atoms in total. The average Bonchev–Trinajstić information content (AvgIpc) is 3.06. The normalized spacial score (nSPS) is 19.5. The number of hydrogen-bond donors (Lipinski definition) is 2. The Morgan fingerprint density at radius 3 is 2.80 bits per heavy atom. The molecule has 1 fully saturated rings. The smallest absolute Gasteiger partial charge is 0.313 e. The molecule has 2 bridgehead atoms. The third-order valence-corrected chi connectivity index (χ3v) is 6.12. The molecule has 5 rings (SSSR count). The number of amides is 2. The number of carbonyl (C=O) groups is 1. The Hall–Kier alpha value is -3.19. The van der Waals surface area contributed by atoms with Crippen molar-refractivity contribution in [3.05, 3.63) is 81.0 Å². The molecular formula is C22H18ClFN4O2. The van der Waals surface area contributed by atoms with Gasteiger partial charge in [0, 0.05) is 17.7 Å². The van der Waals surface area contributed by atoms with Gasteiger partial charge in [-0.1, -0.05) is 41.9 Å². The van der Waals surface area contributed by atoms with Crippen LogP contribution in [0.1, 0.15) is 30.1 Å². The molecule has 2 aromatic carbocycles. The standard InChI is InChI=1S/C22H18ClFN4O2/c23-16-11-18(17(24)10-15(16)12-4-2-1-3-5-12)25-22(30)28-14-6-7-19(28)21-13(8-14)9-20(29)26-27-21/h1-5,9-11,14,19H,6-8H2,(H,25,30)(H,26,29)/t14-,19+/m0/s1. The lowest BCUT2D eigenvalue weighted by molar-refractivity contribution is 0.177. The molecule has 1 aromatic heterocycles. The maximum Gasteiger partial charge on any atom is 0.322 e. The number of benzene rings is 2. The second-order valence-corrected chi connectivity index (χ2v) is 8.02. The molecule has 3 aromatic rings. The molecular weight excluding hydrogens is 407 g/mol. The van der Waals surface area contributed by atoms with Crippen LogP contribution >= 0.6 is 11.6 Å². The van der Waals surface area contributed by atoms with Crippen LogP contribution in [0, 0.1) is 5.82 Å². The first-order valence-electron chi connectivity index (χ1n) is 9.73. The number of fused-ring (bicyclic) bond motifs is 4. The first kappa shape index (κ1) is 18.8. The second kappa shape index (κ2) is 7.25. The van der Waals surface area contributed by atoms with Gasteiger partial charge in [0.15, 0.2) is 0 Å². The zero-order valence-corrected chi connectivity index (χ0v) is 16.6. The van der Waals surface area contributed by atoms with Gasteiger partial charge in [0.05, 0.1) is 22.4 Å². The summed E-state index contributed by atoms with van der Waals surface area (Å²) >= 11 is 6.38. The van der Waals surface area contributed by atoms with Crippen LogP contribution in [0.25, 0.3) is 11.1 Å². The van der Waals surface area contributed by atoms with E-state index >= 15 is 0 Å². The van der Waals surface area contributed by atoms with Crippen molar-refractivity contribution >= 4 is 23.3 Å². The minimum Gasteiger partial charge on any atom is -0.313 e. The van der Waals surface area contributed by atoms with Crippen molar-refractivity contribution in [1.29, 1.82) is 0 Å². The van der Waals surface area contributed by atoms with E-state index in [1.54, 1.807) is 11.0 Å². The Labute approximate surface area is 176 Å². The van der Waals surface area contributed by atoms with Gasteiger partial charge in [-0.25, -0.2) is 14.3 Å². The quantitative estimate of drug-likeness (QED) is 0.634. The van der Waals surface area contributed by atoms with Crippen molar-refractivity contribution in [1.82, 2.24) is 15.1 Å². The first-order chi connectivity index (χ1) is 14.5. The van der Waals surface area contributed by atoms with Crippen LogP contribution in [0.5, 0.6) is 0 Å². The minimum atomic E-state index is -0.557. The Morgan fingerprint density at radius 1 is 1.20 bits per heavy atom. The summed E-state index contributed by atoms with van der Waals surface area (Å²) < 4.78 is 14.8. The maximum atomic E-state index is 14.8. The number of hydrogen-bond acceptors (Lipinski definition) is 3. The summed E-state index contributed by atoms with van der Waals surface area (Å²) in [7, 11) is 0. The number of anilines is 1. The zero-order valence-electron chi connectivity index (χ0n) is 15.9. The summed E-state index contributed by atoms with van der Waals surface area (Å²) in [5, 5.41) is 9.63. The molecule has 0 radical (unpaired) electrons. The van der Waals surface area contributed by atoms with E-state index in [-0.39, 0.29) is 23.3 Å². The van der Waals surface area contributed by atoms with Gasteiger partial charge in [-0.3, -0.25) is 4.79 Å². The molecule has 0 saturated carbocycles. The van der Waals surface area contributed by atoms with Crippen molar-refractivity contribution in [3.8, 4) is 11.1 Å². The molecule has 2 aliphatic rings. The fraction of sp³-hybridized carbons (Fsp3) is 0.227. The molecule has 2 atom stereocenters. The van der Waals surface area contributed by atoms with Crippen LogP contribution in [0.3, 0.4) is 0 Å². The Bertz CT molecular complexity index is 1200. The summed E-state index contributed by atoms with van der Waals surface area (Å²) in [5.74, 6) is -0.557. The van der Waals surface area contributed by atoms with E-state index in [4.69, 9.17) is 11.6 Å². The van der Waals surface area contributed by atoms with Gasteiger partial charge in [-0.2, -0.15) is 5.10 Å². The Kier molecular flexibility index (Phi) is 4.55. The van der Waals surface area contributed by atoms with Gasteiger partial charge in [0.1, 0.15) is 5.82 Å². The summed E-state index contributed by atoms with van der Waals surface area (Å²) in [4.78, 5) is 26.3. The molecule has 2 aliphatic heterocycles. The molecule has 8 heteroatoms. The van der Waals surface area contributed by atoms with E-state index in [2.05, 4.69) is 15.5 Å². The van der Waals surface area contributed by atoms with Crippen molar-refractivity contribution in [2.75, 3.05) is 5.32 Å². The highest BCUT2D eigenvalue weighted by molar-refractivity contribution is 6.33. The number of H-pyrrole nitrogens is 1. The molecule has 3 heterocycles. The molecule has 30 heavy (non-hydrogen) atoms. The number of halogens is 2. The van der Waals surface area contributed by atoms with E-state index in [0.29, 0.717) is 22.7 Å². The number of nitrogens with zero attached hydrogens (tertiary/aromatic N) is 2. The van der Waals surface area contributed by atoms with Crippen molar-refractivity contribution in [3.63, 3.8) is 0 Å². The van der Waals surface area contributed by atoms with Gasteiger partial charge < -0.3 is 10.2 Å². The Balaban J connectivity index is 1.42. The van der Waals surface area contributed by atoms with Crippen molar-refractivity contribution in [2.24, 2.45) is 0 Å². The third kappa shape index (κ3) is 3.15. The van der Waals surface area contributed by atoms with Gasteiger partial charge in [0.25, 0.3) is 5.56 Å². The van der Waals surface area contributed by atoms with Crippen LogP contribution in [0.15, 0.2) is 53.3 Å². The van der Waals surface area contributed by atoms with E-state index in [1.807, 2.05) is 30.3 Å². The molecule has 0 unspecified atom stereocenters. The maximum absolute atomic E-state index is 14.8. The summed E-state index contributed by atoms with van der Waals surface area (Å²) in [6.45, 7) is 0. The van der Waals surface area contributed by atoms with Crippen LogP contribution in [-0.4, -0.2) is 27.2 Å². The molecule has 2 amide bonds. The van der Waals surface area contributed by atoms with Gasteiger partial charge >= 0.3 is 6.03 Å². The lowest BCUT2D eigenvalue weighted by atomic mass is 9.99. The van der Waals surface area contributed by atoms with Gasteiger partial charge in [-0.05, 0) is 42.5 Å². The summed E-state index contributed by atoms with van der Waals surface area (Å²) in [5.41, 5.74) is 2.72. The van der Waals surface area contributed by atoms with Gasteiger partial charge in [0.2, 0.25) is 0 Å². The fourth-order valence-electron chi connectivity index (χ4n) is 4.48. The number of aromatic nitrogens is 2. The minimum absolute atomic E-state index is 0.0318. The molecule has 1 saturated heterocycles. The SMILES string of the molecule is O=C(Nc1cc(Cl)c(-c2ccccc2)cc1F)N1[C@H]2CC[C@@H]1c1n[nH]c(=O)cc1C2. The number of urea groups is 1. The molecule has 2 N–H and O–H groups in total. The van der Waals surface area contributed by atoms with Crippen LogP contribution < -0.4 is 10.9 Å². The van der Waals surface area contributed by atoms with Crippen LogP contribution in [0.4, 0.5) is 14.9 Å². The summed E-state index contributed by atoms with van der Waals surface area (Å²) in [6, 6.07) is 12.9. The lowest BCUT2D eigenvalue weighted by Gasteiger charge is -2.35. The third-order valence-electron chi connectivity index (χ3n) is 5.81. The molecule has 152 valence electrons. The van der Waals surface area contributed by atoms with Crippen LogP contribution in [0.2, 0.25) is 5.02 Å². The van der Waals surface area contributed by atoms with E-state index < -0.39 is 11.8 Å². The predicted octanol–water partition coefficient (Wildman–Crippen LogP) is 4.52. The van der Waals surface area contributed by atoms with E-state index in [1.165, 1.54) is 12.1 Å². The monoisotopic (exact) mass is 424 g/mol. The van der Waals surface area contributed by atoms with Crippen molar-refractivity contribution in [2.45, 2.75) is 31.3 Å².